The van der Waals surface area contributed by atoms with Gasteiger partial charge in [-0.2, -0.15) is 9.37 Å². The normalized spacial score (nSPS) is 26.2. The van der Waals surface area contributed by atoms with E-state index in [-0.39, 0.29) is 17.8 Å². The number of carbonyl (C=O) groups excluding carboxylic acids is 1. The van der Waals surface area contributed by atoms with Gasteiger partial charge in [-0.3, -0.25) is 4.79 Å². The van der Waals surface area contributed by atoms with Crippen LogP contribution < -0.4 is 20.3 Å². The van der Waals surface area contributed by atoms with E-state index >= 15 is 0 Å². The van der Waals surface area contributed by atoms with Crippen molar-refractivity contribution in [3.63, 3.8) is 0 Å². The van der Waals surface area contributed by atoms with Crippen molar-refractivity contribution in [2.75, 3.05) is 30.0 Å². The summed E-state index contributed by atoms with van der Waals surface area (Å²) < 4.78 is 25.7. The number of halogens is 1. The van der Waals surface area contributed by atoms with Gasteiger partial charge in [-0.1, -0.05) is 0 Å². The molecule has 3 fully saturated rings. The Hall–Kier alpha value is -2.94. The molecule has 5 rings (SSSR count). The number of hydrogen-bond donors (Lipinski definition) is 2. The number of nitrogens with zero attached hydrogens (tertiary/aromatic N) is 3. The predicted octanol–water partition coefficient (Wildman–Crippen LogP) is 3.80. The van der Waals surface area contributed by atoms with Gasteiger partial charge < -0.3 is 25.0 Å². The Balaban J connectivity index is 1.16. The van der Waals surface area contributed by atoms with Gasteiger partial charge in [-0.15, -0.1) is 0 Å². The summed E-state index contributed by atoms with van der Waals surface area (Å²) in [5.41, 5.74) is 2.02. The second-order valence-corrected chi connectivity index (χ2v) is 9.58. The van der Waals surface area contributed by atoms with E-state index < -0.39 is 5.82 Å². The van der Waals surface area contributed by atoms with E-state index in [9.17, 15) is 9.18 Å². The van der Waals surface area contributed by atoms with Gasteiger partial charge >= 0.3 is 0 Å². The Kier molecular flexibility index (Phi) is 6.80. The smallest absolute Gasteiger partial charge is 0.255 e. The second-order valence-electron chi connectivity index (χ2n) is 9.58. The highest BCUT2D eigenvalue weighted by molar-refractivity contribution is 5.73. The number of amides is 1. The summed E-state index contributed by atoms with van der Waals surface area (Å²) in [7, 11) is 0. The zero-order valence-electron chi connectivity index (χ0n) is 19.5. The molecule has 2 bridgehead atoms. The van der Waals surface area contributed by atoms with Crippen LogP contribution in [0, 0.1) is 11.7 Å². The van der Waals surface area contributed by atoms with Crippen molar-refractivity contribution >= 4 is 23.2 Å². The van der Waals surface area contributed by atoms with Crippen LogP contribution in [0.5, 0.6) is 5.88 Å². The number of morpholine rings is 1. The van der Waals surface area contributed by atoms with E-state index in [1.807, 2.05) is 12.1 Å². The Morgan fingerprint density at radius 3 is 2.50 bits per heavy atom. The third-order valence-corrected chi connectivity index (χ3v) is 7.08. The van der Waals surface area contributed by atoms with Crippen LogP contribution in [0.1, 0.15) is 45.4 Å². The van der Waals surface area contributed by atoms with Crippen LogP contribution in [-0.4, -0.2) is 53.8 Å². The van der Waals surface area contributed by atoms with Gasteiger partial charge in [-0.25, -0.2) is 4.98 Å². The first-order chi connectivity index (χ1) is 16.5. The van der Waals surface area contributed by atoms with E-state index in [0.29, 0.717) is 30.6 Å². The summed E-state index contributed by atoms with van der Waals surface area (Å²) >= 11 is 0. The molecule has 3 aliphatic rings. The summed E-state index contributed by atoms with van der Waals surface area (Å²) in [6, 6.07) is 9.31. The number of anilines is 3. The van der Waals surface area contributed by atoms with E-state index in [0.717, 1.165) is 50.8 Å². The van der Waals surface area contributed by atoms with Gasteiger partial charge in [-0.05, 0) is 68.7 Å². The fraction of sp³-hybridized carbons (Fsp3) is 0.560. The maximum Gasteiger partial charge on any atom is 0.255 e. The number of hydrogen-bond acceptors (Lipinski definition) is 7. The molecule has 1 aromatic carbocycles. The first kappa shape index (κ1) is 22.8. The second kappa shape index (κ2) is 10.1. The van der Waals surface area contributed by atoms with Crippen molar-refractivity contribution in [1.82, 2.24) is 15.3 Å². The standard InChI is InChI=1S/C25H32FN5O3/c1-16(32)28-18-4-2-17(3-5-18)13-34-24-23(26)12-27-25(30-24)29-19-6-8-20(9-7-19)31-21-10-11-22(31)15-33-14-21/h6-9,12,17-18,21-22H,2-5,10-11,13-15H2,1H3,(H,28,32)(H,27,29,30)/t17?,18?,21-,22-/m1/s1. The molecule has 2 saturated heterocycles. The molecule has 182 valence electrons. The van der Waals surface area contributed by atoms with E-state index in [2.05, 4.69) is 37.6 Å². The maximum absolute atomic E-state index is 14.3. The van der Waals surface area contributed by atoms with Gasteiger partial charge in [0, 0.05) is 24.3 Å². The molecule has 9 heteroatoms. The molecule has 8 nitrogen and oxygen atoms in total. The number of carbonyl (C=O) groups is 1. The van der Waals surface area contributed by atoms with Crippen molar-refractivity contribution < 1.29 is 18.7 Å². The Labute approximate surface area is 199 Å². The Morgan fingerprint density at radius 2 is 1.82 bits per heavy atom. The number of aromatic nitrogens is 2. The number of rotatable bonds is 7. The zero-order chi connectivity index (χ0) is 23.5. The van der Waals surface area contributed by atoms with Gasteiger partial charge in [0.1, 0.15) is 0 Å². The molecular weight excluding hydrogens is 437 g/mol. The summed E-state index contributed by atoms with van der Waals surface area (Å²) in [5.74, 6) is 0.00742. The summed E-state index contributed by atoms with van der Waals surface area (Å²) in [6.45, 7) is 3.52. The lowest BCUT2D eigenvalue weighted by Gasteiger charge is -2.36. The SMILES string of the molecule is CC(=O)NC1CCC(COc2nc(Nc3ccc(N4[C@@H]5CC[C@@H]4COC5)cc3)ncc2F)CC1. The van der Waals surface area contributed by atoms with Gasteiger partial charge in [0.05, 0.1) is 38.1 Å². The zero-order valence-corrected chi connectivity index (χ0v) is 19.5. The average Bonchev–Trinajstić information content (AvgIpc) is 3.08. The summed E-state index contributed by atoms with van der Waals surface area (Å²) in [5, 5.41) is 6.12. The van der Waals surface area contributed by atoms with Gasteiger partial charge in [0.15, 0.2) is 0 Å². The monoisotopic (exact) mass is 469 g/mol. The lowest BCUT2D eigenvalue weighted by molar-refractivity contribution is -0.119. The maximum atomic E-state index is 14.3. The first-order valence-corrected chi connectivity index (χ1v) is 12.2. The molecule has 2 N–H and O–H groups in total. The molecule has 0 unspecified atom stereocenters. The third kappa shape index (κ3) is 5.24. The highest BCUT2D eigenvalue weighted by atomic mass is 19.1. The van der Waals surface area contributed by atoms with Crippen molar-refractivity contribution in [3.8, 4) is 5.88 Å². The minimum atomic E-state index is -0.573. The number of nitrogens with one attached hydrogen (secondary N) is 2. The van der Waals surface area contributed by atoms with Crippen molar-refractivity contribution in [3.05, 3.63) is 36.3 Å². The average molecular weight is 470 g/mol. The minimum Gasteiger partial charge on any atom is -0.475 e. The Morgan fingerprint density at radius 1 is 1.12 bits per heavy atom. The highest BCUT2D eigenvalue weighted by Crippen LogP contribution is 2.34. The quantitative estimate of drug-likeness (QED) is 0.638. The number of fused-ring (bicyclic) bond motifs is 2. The molecular formula is C25H32FN5O3. The Bertz CT molecular complexity index is 981. The lowest BCUT2D eigenvalue weighted by Crippen LogP contribution is -2.45. The minimum absolute atomic E-state index is 0.00521. The molecule has 2 aliphatic heterocycles. The van der Waals surface area contributed by atoms with Crippen molar-refractivity contribution in [1.29, 1.82) is 0 Å². The first-order valence-electron chi connectivity index (χ1n) is 12.2. The van der Waals surface area contributed by atoms with Crippen LogP contribution in [-0.2, 0) is 9.53 Å². The van der Waals surface area contributed by atoms with Crippen LogP contribution in [0.2, 0.25) is 0 Å². The number of benzene rings is 1. The molecule has 2 atom stereocenters. The third-order valence-electron chi connectivity index (χ3n) is 7.08. The highest BCUT2D eigenvalue weighted by Gasteiger charge is 2.37. The van der Waals surface area contributed by atoms with Crippen molar-refractivity contribution in [2.45, 2.75) is 63.6 Å². The molecule has 2 aromatic rings. The van der Waals surface area contributed by atoms with Crippen molar-refractivity contribution in [2.24, 2.45) is 5.92 Å². The van der Waals surface area contributed by atoms with E-state index in [1.165, 1.54) is 18.5 Å². The molecule has 1 saturated carbocycles. The van der Waals surface area contributed by atoms with Gasteiger partial charge in [0.2, 0.25) is 17.7 Å². The van der Waals surface area contributed by atoms with Crippen LogP contribution in [0.4, 0.5) is 21.7 Å². The summed E-state index contributed by atoms with van der Waals surface area (Å²) in [6.07, 6.45) is 7.17. The van der Waals surface area contributed by atoms with Crippen LogP contribution in [0.15, 0.2) is 30.5 Å². The van der Waals surface area contributed by atoms with E-state index in [1.54, 1.807) is 6.92 Å². The lowest BCUT2D eigenvalue weighted by atomic mass is 9.86. The molecule has 1 amide bonds. The number of ether oxygens (including phenoxy) is 2. The molecule has 34 heavy (non-hydrogen) atoms. The molecule has 3 heterocycles. The van der Waals surface area contributed by atoms with Crippen LogP contribution >= 0.6 is 0 Å². The summed E-state index contributed by atoms with van der Waals surface area (Å²) in [4.78, 5) is 22.0. The van der Waals surface area contributed by atoms with Crippen LogP contribution in [0.3, 0.4) is 0 Å². The fourth-order valence-corrected chi connectivity index (χ4v) is 5.37. The predicted molar refractivity (Wildman–Crippen MR) is 127 cm³/mol. The largest absolute Gasteiger partial charge is 0.475 e. The molecule has 0 spiro atoms. The molecule has 1 aromatic heterocycles. The molecule has 0 radical (unpaired) electrons. The fourth-order valence-electron chi connectivity index (χ4n) is 5.37. The van der Waals surface area contributed by atoms with E-state index in [4.69, 9.17) is 9.47 Å². The topological polar surface area (TPSA) is 88.6 Å². The van der Waals surface area contributed by atoms with Gasteiger partial charge in [0.25, 0.3) is 5.88 Å². The van der Waals surface area contributed by atoms with Crippen LogP contribution in [0.25, 0.3) is 0 Å². The molecule has 1 aliphatic carbocycles.